The molecule has 1 aliphatic rings. The Hall–Kier alpha value is -2.44. The first-order valence-corrected chi connectivity index (χ1v) is 9.00. The number of methoxy groups -OCH3 is 1. The summed E-state index contributed by atoms with van der Waals surface area (Å²) in [5, 5.41) is 9.05. The van der Waals surface area contributed by atoms with E-state index in [9.17, 15) is 4.39 Å². The van der Waals surface area contributed by atoms with Crippen LogP contribution in [0.2, 0.25) is 10.0 Å². The Labute approximate surface area is 165 Å². The van der Waals surface area contributed by atoms with Crippen molar-refractivity contribution in [2.75, 3.05) is 7.11 Å². The molecule has 1 aliphatic heterocycles. The molecule has 0 radical (unpaired) electrons. The van der Waals surface area contributed by atoms with E-state index in [0.29, 0.717) is 44.4 Å². The van der Waals surface area contributed by atoms with Crippen molar-refractivity contribution in [3.8, 4) is 11.4 Å². The number of hydrogen-bond donors (Lipinski definition) is 0. The van der Waals surface area contributed by atoms with E-state index >= 15 is 0 Å². The van der Waals surface area contributed by atoms with Gasteiger partial charge in [0, 0.05) is 11.1 Å². The smallest absolute Gasteiger partial charge is 0.162 e. The highest BCUT2D eigenvalue weighted by molar-refractivity contribution is 6.45. The molecule has 0 bridgehead atoms. The monoisotopic (exact) mass is 404 g/mol. The highest BCUT2D eigenvalue weighted by Gasteiger charge is 2.29. The number of aliphatic imine (C=N–C) groups is 1. The largest absolute Gasteiger partial charge is 0.497 e. The number of nitrogens with zero attached hydrogens (tertiary/aromatic N) is 4. The van der Waals surface area contributed by atoms with Crippen LogP contribution in [0.5, 0.6) is 5.75 Å². The van der Waals surface area contributed by atoms with E-state index in [0.717, 1.165) is 0 Å². The van der Waals surface area contributed by atoms with Crippen molar-refractivity contribution in [2.45, 2.75) is 19.9 Å². The number of hydrogen-bond acceptors (Lipinski definition) is 4. The van der Waals surface area contributed by atoms with Gasteiger partial charge in [0.15, 0.2) is 5.82 Å². The highest BCUT2D eigenvalue weighted by atomic mass is 35.5. The van der Waals surface area contributed by atoms with Gasteiger partial charge in [-0.05, 0) is 44.2 Å². The number of aryl methyl sites for hydroxylation is 1. The van der Waals surface area contributed by atoms with Crippen molar-refractivity contribution in [1.82, 2.24) is 14.8 Å². The molecule has 0 amide bonds. The fourth-order valence-electron chi connectivity index (χ4n) is 3.23. The molecule has 2 heterocycles. The molecule has 0 saturated heterocycles. The fourth-order valence-corrected chi connectivity index (χ4v) is 3.64. The second-order valence-corrected chi connectivity index (χ2v) is 6.98. The zero-order valence-electron chi connectivity index (χ0n) is 14.8. The van der Waals surface area contributed by atoms with Crippen LogP contribution in [-0.4, -0.2) is 27.6 Å². The van der Waals surface area contributed by atoms with Crippen molar-refractivity contribution in [3.63, 3.8) is 0 Å². The van der Waals surface area contributed by atoms with Gasteiger partial charge in [0.25, 0.3) is 0 Å². The summed E-state index contributed by atoms with van der Waals surface area (Å²) in [6, 6.07) is 7.64. The minimum atomic E-state index is -0.432. The van der Waals surface area contributed by atoms with Gasteiger partial charge in [-0.15, -0.1) is 10.2 Å². The molecular weight excluding hydrogens is 390 g/mol. The summed E-state index contributed by atoms with van der Waals surface area (Å²) in [4.78, 5) is 4.74. The normalized spacial score (nSPS) is 15.6. The Kier molecular flexibility index (Phi) is 4.40. The van der Waals surface area contributed by atoms with E-state index in [1.807, 2.05) is 24.5 Å². The number of rotatable bonds is 2. The molecule has 2 aromatic carbocycles. The third-order valence-corrected chi connectivity index (χ3v) is 5.33. The number of aromatic nitrogens is 3. The van der Waals surface area contributed by atoms with Gasteiger partial charge >= 0.3 is 0 Å². The number of ether oxygens (including phenoxy) is 1. The lowest BCUT2D eigenvalue weighted by Gasteiger charge is -2.16. The summed E-state index contributed by atoms with van der Waals surface area (Å²) in [5.41, 5.74) is 1.91. The van der Waals surface area contributed by atoms with Gasteiger partial charge in [-0.25, -0.2) is 4.39 Å². The van der Waals surface area contributed by atoms with Crippen molar-refractivity contribution in [2.24, 2.45) is 4.99 Å². The summed E-state index contributed by atoms with van der Waals surface area (Å²) in [7, 11) is 1.52. The molecule has 27 heavy (non-hydrogen) atoms. The highest BCUT2D eigenvalue weighted by Crippen LogP contribution is 2.38. The van der Waals surface area contributed by atoms with E-state index in [1.54, 1.807) is 18.2 Å². The average molecular weight is 405 g/mol. The molecule has 1 atom stereocenters. The summed E-state index contributed by atoms with van der Waals surface area (Å²) >= 11 is 12.8. The lowest BCUT2D eigenvalue weighted by Crippen LogP contribution is -2.11. The van der Waals surface area contributed by atoms with Crippen LogP contribution in [0, 0.1) is 12.7 Å². The zero-order valence-corrected chi connectivity index (χ0v) is 16.3. The molecule has 4 rings (SSSR count). The molecular formula is C19H15Cl2FN4O. The van der Waals surface area contributed by atoms with Crippen molar-refractivity contribution in [1.29, 1.82) is 0 Å². The molecule has 5 nitrogen and oxygen atoms in total. The SMILES string of the molecule is COc1ccc(F)c(C2=NC(C)c3nnc(C)n3-c3ccc(Cl)c(Cl)c32)c1. The van der Waals surface area contributed by atoms with Gasteiger partial charge < -0.3 is 4.74 Å². The van der Waals surface area contributed by atoms with Crippen LogP contribution in [0.4, 0.5) is 4.39 Å². The quantitative estimate of drug-likeness (QED) is 0.607. The van der Waals surface area contributed by atoms with E-state index in [-0.39, 0.29) is 11.6 Å². The Morgan fingerprint density at radius 2 is 1.93 bits per heavy atom. The molecule has 3 aromatic rings. The van der Waals surface area contributed by atoms with Gasteiger partial charge in [-0.2, -0.15) is 0 Å². The Balaban J connectivity index is 2.10. The third kappa shape index (κ3) is 2.80. The van der Waals surface area contributed by atoms with Gasteiger partial charge in [-0.1, -0.05) is 23.2 Å². The zero-order chi connectivity index (χ0) is 19.3. The minimum Gasteiger partial charge on any atom is -0.497 e. The second-order valence-electron chi connectivity index (χ2n) is 6.20. The Morgan fingerprint density at radius 1 is 1.15 bits per heavy atom. The predicted octanol–water partition coefficient (Wildman–Crippen LogP) is 4.94. The second kappa shape index (κ2) is 6.62. The van der Waals surface area contributed by atoms with E-state index in [2.05, 4.69) is 10.2 Å². The number of benzene rings is 2. The fraction of sp³-hybridized carbons (Fsp3) is 0.211. The first kappa shape index (κ1) is 17.9. The van der Waals surface area contributed by atoms with Crippen LogP contribution in [0.25, 0.3) is 5.69 Å². The summed E-state index contributed by atoms with van der Waals surface area (Å²) in [6.45, 7) is 3.71. The molecule has 0 fully saturated rings. The van der Waals surface area contributed by atoms with Gasteiger partial charge in [-0.3, -0.25) is 9.56 Å². The van der Waals surface area contributed by atoms with Gasteiger partial charge in [0.2, 0.25) is 0 Å². The van der Waals surface area contributed by atoms with Crippen molar-refractivity contribution < 1.29 is 9.13 Å². The van der Waals surface area contributed by atoms with E-state index in [1.165, 1.54) is 13.2 Å². The Bertz CT molecular complexity index is 1090. The van der Waals surface area contributed by atoms with Gasteiger partial charge in [0.05, 0.1) is 28.6 Å². The maximum Gasteiger partial charge on any atom is 0.162 e. The number of halogens is 3. The molecule has 138 valence electrons. The van der Waals surface area contributed by atoms with Crippen LogP contribution in [0.15, 0.2) is 35.3 Å². The maximum absolute atomic E-state index is 14.8. The van der Waals surface area contributed by atoms with Crippen LogP contribution in [0.1, 0.15) is 35.7 Å². The molecule has 0 saturated carbocycles. The molecule has 1 aromatic heterocycles. The topological polar surface area (TPSA) is 52.3 Å². The standard InChI is InChI=1S/C19H15Cl2FN4O/c1-9-19-25-24-10(2)26(19)15-7-5-13(20)17(21)16(15)18(23-9)12-8-11(27-3)4-6-14(12)22/h4-9H,1-3H3. The average Bonchev–Trinajstić information content (AvgIpc) is 2.98. The third-order valence-electron chi connectivity index (χ3n) is 4.53. The summed E-state index contributed by atoms with van der Waals surface area (Å²) in [5.74, 6) is 1.41. The Morgan fingerprint density at radius 3 is 2.67 bits per heavy atom. The molecule has 1 unspecified atom stereocenters. The predicted molar refractivity (Wildman–Crippen MR) is 103 cm³/mol. The van der Waals surface area contributed by atoms with Crippen LogP contribution >= 0.6 is 23.2 Å². The molecule has 8 heteroatoms. The van der Waals surface area contributed by atoms with Gasteiger partial charge in [0.1, 0.15) is 23.4 Å². The van der Waals surface area contributed by atoms with Crippen LogP contribution < -0.4 is 4.74 Å². The minimum absolute atomic E-state index is 0.281. The van der Waals surface area contributed by atoms with E-state index in [4.69, 9.17) is 32.9 Å². The van der Waals surface area contributed by atoms with Crippen molar-refractivity contribution in [3.05, 3.63) is 69.0 Å². The molecule has 0 spiro atoms. The number of fused-ring (bicyclic) bond motifs is 3. The lowest BCUT2D eigenvalue weighted by atomic mass is 9.99. The summed E-state index contributed by atoms with van der Waals surface area (Å²) < 4.78 is 21.9. The molecule has 0 aliphatic carbocycles. The van der Waals surface area contributed by atoms with Crippen molar-refractivity contribution >= 4 is 28.9 Å². The van der Waals surface area contributed by atoms with Crippen LogP contribution in [-0.2, 0) is 0 Å². The lowest BCUT2D eigenvalue weighted by molar-refractivity contribution is 0.413. The summed E-state index contributed by atoms with van der Waals surface area (Å²) in [6.07, 6.45) is 0. The molecule has 0 N–H and O–H groups in total. The van der Waals surface area contributed by atoms with E-state index < -0.39 is 5.82 Å². The first-order chi connectivity index (χ1) is 12.9. The van der Waals surface area contributed by atoms with Crippen LogP contribution in [0.3, 0.4) is 0 Å². The first-order valence-electron chi connectivity index (χ1n) is 8.24. The maximum atomic E-state index is 14.8.